The summed E-state index contributed by atoms with van der Waals surface area (Å²) < 4.78 is 41.6. The Kier molecular flexibility index (Phi) is 6.45. The van der Waals surface area contributed by atoms with Crippen molar-refractivity contribution in [2.75, 3.05) is 16.8 Å². The predicted molar refractivity (Wildman–Crippen MR) is 109 cm³/mol. The zero-order valence-corrected chi connectivity index (χ0v) is 16.8. The van der Waals surface area contributed by atoms with Crippen molar-refractivity contribution in [1.29, 1.82) is 0 Å². The summed E-state index contributed by atoms with van der Waals surface area (Å²) in [5, 5.41) is 2.48. The molecular weight excluding hydrogens is 395 g/mol. The van der Waals surface area contributed by atoms with Gasteiger partial charge in [-0.05, 0) is 31.5 Å². The minimum Gasteiger partial charge on any atom is -0.324 e. The number of fused-ring (bicyclic) bond motifs is 1. The number of carbonyl (C=O) groups is 2. The Labute approximate surface area is 173 Å². The zero-order valence-electron chi connectivity index (χ0n) is 16.8. The first-order chi connectivity index (χ1) is 14.2. The van der Waals surface area contributed by atoms with Crippen molar-refractivity contribution in [3.63, 3.8) is 0 Å². The molecule has 0 aromatic heterocycles. The molecular formula is C22H24F3N3O2. The molecule has 3 rings (SSSR count). The molecule has 0 fully saturated rings. The lowest BCUT2D eigenvalue weighted by molar-refractivity contribution is -0.158. The number of alkyl halides is 3. The highest BCUT2D eigenvalue weighted by atomic mass is 19.4. The van der Waals surface area contributed by atoms with Crippen LogP contribution in [0.25, 0.3) is 0 Å². The number of hydrogen-bond acceptors (Lipinski definition) is 3. The third-order valence-corrected chi connectivity index (χ3v) is 5.07. The van der Waals surface area contributed by atoms with E-state index in [1.165, 1.54) is 12.1 Å². The van der Waals surface area contributed by atoms with Crippen molar-refractivity contribution in [2.24, 2.45) is 0 Å². The van der Waals surface area contributed by atoms with E-state index in [0.717, 1.165) is 10.5 Å². The molecule has 1 atom stereocenters. The van der Waals surface area contributed by atoms with Crippen LogP contribution in [0.3, 0.4) is 0 Å². The molecule has 2 aromatic rings. The second-order valence-electron chi connectivity index (χ2n) is 7.57. The highest BCUT2D eigenvalue weighted by Gasteiger charge is 2.49. The van der Waals surface area contributed by atoms with Gasteiger partial charge in [0.25, 0.3) is 0 Å². The van der Waals surface area contributed by atoms with Crippen LogP contribution in [0.2, 0.25) is 0 Å². The van der Waals surface area contributed by atoms with Gasteiger partial charge in [-0.1, -0.05) is 42.5 Å². The van der Waals surface area contributed by atoms with E-state index in [4.69, 9.17) is 0 Å². The highest BCUT2D eigenvalue weighted by molar-refractivity contribution is 6.05. The van der Waals surface area contributed by atoms with Gasteiger partial charge in [-0.25, -0.2) is 0 Å². The molecule has 0 aliphatic carbocycles. The molecule has 0 spiro atoms. The molecule has 1 heterocycles. The van der Waals surface area contributed by atoms with Crippen molar-refractivity contribution in [3.8, 4) is 0 Å². The van der Waals surface area contributed by atoms with Crippen LogP contribution < -0.4 is 10.2 Å². The van der Waals surface area contributed by atoms with Crippen molar-refractivity contribution < 1.29 is 22.8 Å². The summed E-state index contributed by atoms with van der Waals surface area (Å²) in [4.78, 5) is 27.9. The first-order valence-electron chi connectivity index (χ1n) is 9.72. The van der Waals surface area contributed by atoms with Crippen molar-refractivity contribution >= 4 is 23.2 Å². The van der Waals surface area contributed by atoms with Gasteiger partial charge in [-0.2, -0.15) is 13.2 Å². The summed E-state index contributed by atoms with van der Waals surface area (Å²) in [6.45, 7) is 3.99. The molecule has 0 bridgehead atoms. The van der Waals surface area contributed by atoms with Gasteiger partial charge >= 0.3 is 6.18 Å². The number of nitrogens with one attached hydrogen (secondary N) is 1. The molecule has 1 unspecified atom stereocenters. The van der Waals surface area contributed by atoms with Gasteiger partial charge in [0.15, 0.2) is 0 Å². The Morgan fingerprint density at radius 3 is 2.40 bits per heavy atom. The van der Waals surface area contributed by atoms with E-state index in [1.807, 2.05) is 49.1 Å². The lowest BCUT2D eigenvalue weighted by Crippen LogP contribution is -2.53. The molecule has 1 aliphatic heterocycles. The molecule has 1 aliphatic rings. The lowest BCUT2D eigenvalue weighted by atomic mass is 10.1. The fourth-order valence-electron chi connectivity index (χ4n) is 3.48. The van der Waals surface area contributed by atoms with Crippen LogP contribution in [0.15, 0.2) is 54.6 Å². The van der Waals surface area contributed by atoms with Crippen LogP contribution in [0.5, 0.6) is 0 Å². The maximum atomic E-state index is 13.9. The molecule has 2 amide bonds. The number of benzene rings is 2. The standard InChI is InChI=1S/C22H24F3N3O2/c1-15(2)27(13-16-8-4-3-5-9-16)14-21(30)28-18-11-7-6-10-17(18)26-20(29)12-19(28)22(23,24)25/h3-11,15,19H,12-14H2,1-2H3,(H,26,29). The van der Waals surface area contributed by atoms with E-state index in [2.05, 4.69) is 5.32 Å². The Hall–Kier alpha value is -2.87. The van der Waals surface area contributed by atoms with Crippen LogP contribution in [0, 0.1) is 0 Å². The minimum absolute atomic E-state index is 0.0547. The number of rotatable bonds is 5. The molecule has 5 nitrogen and oxygen atoms in total. The third kappa shape index (κ3) is 4.99. The van der Waals surface area contributed by atoms with Crippen LogP contribution in [-0.2, 0) is 16.1 Å². The summed E-state index contributed by atoms with van der Waals surface area (Å²) in [5.74, 6) is -1.48. The number of para-hydroxylation sites is 2. The predicted octanol–water partition coefficient (Wildman–Crippen LogP) is 4.20. The average Bonchev–Trinajstić information content (AvgIpc) is 2.83. The minimum atomic E-state index is -4.74. The summed E-state index contributed by atoms with van der Waals surface area (Å²) in [6, 6.07) is 13.2. The molecule has 0 radical (unpaired) electrons. The molecule has 0 saturated heterocycles. The molecule has 160 valence electrons. The van der Waals surface area contributed by atoms with Crippen molar-refractivity contribution in [1.82, 2.24) is 4.90 Å². The molecule has 2 aromatic carbocycles. The zero-order chi connectivity index (χ0) is 21.9. The first kappa shape index (κ1) is 21.8. The van der Waals surface area contributed by atoms with Gasteiger partial charge in [0, 0.05) is 12.6 Å². The fraction of sp³-hybridized carbons (Fsp3) is 0.364. The summed E-state index contributed by atoms with van der Waals surface area (Å²) in [7, 11) is 0. The van der Waals surface area contributed by atoms with E-state index >= 15 is 0 Å². The maximum absolute atomic E-state index is 13.9. The van der Waals surface area contributed by atoms with E-state index < -0.39 is 30.5 Å². The van der Waals surface area contributed by atoms with Gasteiger partial charge in [-0.15, -0.1) is 0 Å². The maximum Gasteiger partial charge on any atom is 0.409 e. The van der Waals surface area contributed by atoms with Crippen molar-refractivity contribution in [2.45, 2.75) is 45.1 Å². The number of amides is 2. The summed E-state index contributed by atoms with van der Waals surface area (Å²) >= 11 is 0. The second-order valence-corrected chi connectivity index (χ2v) is 7.57. The monoisotopic (exact) mass is 419 g/mol. The number of anilines is 2. The summed E-state index contributed by atoms with van der Waals surface area (Å²) in [5.41, 5.74) is 1.21. The lowest BCUT2D eigenvalue weighted by Gasteiger charge is -2.34. The van der Waals surface area contributed by atoms with E-state index in [-0.39, 0.29) is 24.0 Å². The number of nitrogens with zero attached hydrogens (tertiary/aromatic N) is 2. The van der Waals surface area contributed by atoms with E-state index in [1.54, 1.807) is 12.1 Å². The highest BCUT2D eigenvalue weighted by Crippen LogP contribution is 2.37. The molecule has 8 heteroatoms. The average molecular weight is 419 g/mol. The van der Waals surface area contributed by atoms with Gasteiger partial charge < -0.3 is 5.32 Å². The van der Waals surface area contributed by atoms with Crippen LogP contribution in [0.4, 0.5) is 24.5 Å². The Balaban J connectivity index is 1.94. The number of carbonyl (C=O) groups excluding carboxylic acids is 2. The first-order valence-corrected chi connectivity index (χ1v) is 9.72. The number of hydrogen-bond donors (Lipinski definition) is 1. The fourth-order valence-corrected chi connectivity index (χ4v) is 3.48. The number of halogens is 3. The smallest absolute Gasteiger partial charge is 0.324 e. The normalized spacial score (nSPS) is 17.0. The second kappa shape index (κ2) is 8.87. The molecule has 1 N–H and O–H groups in total. The van der Waals surface area contributed by atoms with Gasteiger partial charge in [0.2, 0.25) is 11.8 Å². The van der Waals surface area contributed by atoms with E-state index in [0.29, 0.717) is 6.54 Å². The summed E-state index contributed by atoms with van der Waals surface area (Å²) in [6.07, 6.45) is -5.59. The third-order valence-electron chi connectivity index (χ3n) is 5.07. The van der Waals surface area contributed by atoms with Gasteiger partial charge in [0.05, 0.1) is 24.3 Å². The van der Waals surface area contributed by atoms with Crippen LogP contribution in [-0.4, -0.2) is 41.5 Å². The Morgan fingerprint density at radius 2 is 1.77 bits per heavy atom. The van der Waals surface area contributed by atoms with Crippen molar-refractivity contribution in [3.05, 3.63) is 60.2 Å². The largest absolute Gasteiger partial charge is 0.409 e. The quantitative estimate of drug-likeness (QED) is 0.790. The molecule has 30 heavy (non-hydrogen) atoms. The van der Waals surface area contributed by atoms with Gasteiger partial charge in [0.1, 0.15) is 6.04 Å². The Bertz CT molecular complexity index is 900. The molecule has 0 saturated carbocycles. The Morgan fingerprint density at radius 1 is 1.13 bits per heavy atom. The van der Waals surface area contributed by atoms with E-state index in [9.17, 15) is 22.8 Å². The van der Waals surface area contributed by atoms with Crippen LogP contribution >= 0.6 is 0 Å². The van der Waals surface area contributed by atoms with Crippen LogP contribution in [0.1, 0.15) is 25.8 Å². The topological polar surface area (TPSA) is 52.7 Å². The SMILES string of the molecule is CC(C)N(CC(=O)N1c2ccccc2NC(=O)CC1C(F)(F)F)Cc1ccccc1. The van der Waals surface area contributed by atoms with Gasteiger partial charge in [-0.3, -0.25) is 19.4 Å².